The lowest BCUT2D eigenvalue weighted by Crippen LogP contribution is -2.21. The molecule has 4 aromatic heterocycles. The fourth-order valence-corrected chi connectivity index (χ4v) is 3.24. The zero-order valence-corrected chi connectivity index (χ0v) is 23.3. The van der Waals surface area contributed by atoms with E-state index in [1.165, 1.54) is 6.20 Å². The molecule has 1 aliphatic rings. The van der Waals surface area contributed by atoms with Crippen molar-refractivity contribution in [1.82, 2.24) is 24.9 Å². The average Bonchev–Trinajstić information content (AvgIpc) is 3.37. The number of fused-ring (bicyclic) bond motifs is 5. The smallest absolute Gasteiger partial charge is 0.475 e. The zero-order valence-electron chi connectivity index (χ0n) is 23.3. The van der Waals surface area contributed by atoms with Crippen molar-refractivity contribution in [2.24, 2.45) is 0 Å². The van der Waals surface area contributed by atoms with Crippen molar-refractivity contribution in [1.29, 1.82) is 0 Å². The number of aromatic amines is 1. The number of carboxylic acid groups (broad SMARTS) is 4. The Morgan fingerprint density at radius 3 is 1.65 bits per heavy atom. The third-order valence-corrected chi connectivity index (χ3v) is 5.16. The number of hydrogen-bond acceptors (Lipinski definition) is 9. The molecule has 0 radical (unpaired) electrons. The van der Waals surface area contributed by atoms with Gasteiger partial charge in [-0.15, -0.1) is 0 Å². The molecule has 262 valence electrons. The summed E-state index contributed by atoms with van der Waals surface area (Å²) in [4.78, 5) is 58.5. The number of nitrogens with one attached hydrogen (secondary N) is 3. The molecule has 0 atom stereocenters. The molecule has 49 heavy (non-hydrogen) atoms. The molecule has 7 N–H and O–H groups in total. The van der Waals surface area contributed by atoms with Crippen LogP contribution in [0.1, 0.15) is 0 Å². The first-order chi connectivity index (χ1) is 22.5. The van der Waals surface area contributed by atoms with Crippen molar-refractivity contribution < 1.29 is 79.1 Å². The minimum Gasteiger partial charge on any atom is -0.475 e. The summed E-state index contributed by atoms with van der Waals surface area (Å²) >= 11 is 0. The first-order valence-corrected chi connectivity index (χ1v) is 12.2. The highest BCUT2D eigenvalue weighted by atomic mass is 19.4. The Labute approximate surface area is 264 Å². The fraction of sp³-hybridized carbons (Fsp3) is 0.120. The van der Waals surface area contributed by atoms with Gasteiger partial charge in [0.1, 0.15) is 17.3 Å². The largest absolute Gasteiger partial charge is 0.490 e. The third kappa shape index (κ3) is 11.1. The lowest BCUT2D eigenvalue weighted by molar-refractivity contribution is -0.193. The SMILES string of the molecule is O=C(O)C(F)(F)F.O=C(O)C(F)(F)F.O=C(O)C(F)(F)F.O=C(O)Nc1cnccc1-c1nc2c([nH]1)-c1ccncc1Nc1ncccc1-2. The van der Waals surface area contributed by atoms with Crippen LogP contribution in [-0.4, -0.2) is 87.9 Å². The van der Waals surface area contributed by atoms with Crippen molar-refractivity contribution in [3.05, 3.63) is 55.2 Å². The number of carbonyl (C=O) groups is 4. The monoisotopic (exact) mass is 713 g/mol. The minimum absolute atomic E-state index is 0.346. The molecule has 1 amide bonds. The summed E-state index contributed by atoms with van der Waals surface area (Å²) in [5.74, 6) is -7.07. The normalized spacial score (nSPS) is 11.4. The molecular weight excluding hydrogens is 697 g/mol. The first kappa shape index (κ1) is 38.7. The molecule has 4 aromatic rings. The molecule has 0 aromatic carbocycles. The van der Waals surface area contributed by atoms with E-state index in [9.17, 15) is 44.3 Å². The van der Waals surface area contributed by atoms with E-state index in [0.29, 0.717) is 28.6 Å². The molecule has 0 fully saturated rings. The number of aliphatic carboxylic acids is 3. The number of pyridine rings is 3. The van der Waals surface area contributed by atoms with Gasteiger partial charge in [0, 0.05) is 35.3 Å². The number of anilines is 3. The van der Waals surface area contributed by atoms with Crippen LogP contribution in [0.4, 0.5) is 61.5 Å². The van der Waals surface area contributed by atoms with Crippen molar-refractivity contribution in [3.63, 3.8) is 0 Å². The number of imidazole rings is 1. The minimum atomic E-state index is -5.08. The van der Waals surface area contributed by atoms with Gasteiger partial charge >= 0.3 is 42.5 Å². The van der Waals surface area contributed by atoms with Gasteiger partial charge in [-0.2, -0.15) is 39.5 Å². The lowest BCUT2D eigenvalue weighted by Gasteiger charge is -2.08. The van der Waals surface area contributed by atoms with Crippen LogP contribution in [0.3, 0.4) is 0 Å². The molecule has 15 nitrogen and oxygen atoms in total. The van der Waals surface area contributed by atoms with E-state index >= 15 is 0 Å². The number of halogens is 9. The van der Waals surface area contributed by atoms with E-state index in [1.54, 1.807) is 30.9 Å². The van der Waals surface area contributed by atoms with E-state index in [4.69, 9.17) is 39.8 Å². The van der Waals surface area contributed by atoms with E-state index in [1.807, 2.05) is 18.2 Å². The van der Waals surface area contributed by atoms with Crippen LogP contribution >= 0.6 is 0 Å². The van der Waals surface area contributed by atoms with Gasteiger partial charge in [0.2, 0.25) is 0 Å². The topological polar surface area (TPSA) is 241 Å². The van der Waals surface area contributed by atoms with Crippen LogP contribution in [0.25, 0.3) is 33.9 Å². The molecule has 0 bridgehead atoms. The van der Waals surface area contributed by atoms with Crippen LogP contribution in [0.5, 0.6) is 0 Å². The molecule has 0 unspecified atom stereocenters. The molecule has 0 spiro atoms. The summed E-state index contributed by atoms with van der Waals surface area (Å²) in [6.07, 6.45) is -8.24. The highest BCUT2D eigenvalue weighted by Gasteiger charge is 2.39. The number of nitrogens with zero attached hydrogens (tertiary/aromatic N) is 4. The molecule has 5 rings (SSSR count). The van der Waals surface area contributed by atoms with Crippen LogP contribution in [0.15, 0.2) is 55.2 Å². The van der Waals surface area contributed by atoms with Gasteiger partial charge in [-0.3, -0.25) is 15.3 Å². The standard InChI is InChI=1S/C19H13N7O2.3C2HF3O2/c27-19(28)24-14-9-21-7-4-11(14)18-25-15-10-3-6-20-8-13(10)23-17-12(16(15)26-18)2-1-5-22-17;3*3-2(4,5)1(6)7/h1-9,24H,(H,22,23)(H,25,26)(H,27,28);3*(H,6,7). The van der Waals surface area contributed by atoms with E-state index < -0.39 is 42.5 Å². The number of aromatic nitrogens is 5. The second kappa shape index (κ2) is 15.4. The number of rotatable bonds is 2. The number of amides is 1. The Morgan fingerprint density at radius 1 is 0.673 bits per heavy atom. The van der Waals surface area contributed by atoms with E-state index in [-0.39, 0.29) is 0 Å². The Balaban J connectivity index is 0.000000325. The Hall–Kier alpha value is -6.49. The maximum absolute atomic E-state index is 11.1. The van der Waals surface area contributed by atoms with Gasteiger partial charge in [-0.25, -0.2) is 29.1 Å². The number of H-pyrrole nitrogens is 1. The predicted molar refractivity (Wildman–Crippen MR) is 144 cm³/mol. The van der Waals surface area contributed by atoms with Gasteiger partial charge < -0.3 is 30.7 Å². The van der Waals surface area contributed by atoms with Gasteiger partial charge in [0.25, 0.3) is 0 Å². The molecule has 0 aliphatic carbocycles. The fourth-order valence-electron chi connectivity index (χ4n) is 3.24. The third-order valence-electron chi connectivity index (χ3n) is 5.16. The van der Waals surface area contributed by atoms with Gasteiger partial charge in [0.15, 0.2) is 0 Å². The Morgan fingerprint density at radius 2 is 1.16 bits per heavy atom. The predicted octanol–water partition coefficient (Wildman–Crippen LogP) is 5.64. The zero-order chi connectivity index (χ0) is 37.3. The van der Waals surface area contributed by atoms with Crippen molar-refractivity contribution in [2.45, 2.75) is 18.5 Å². The average molecular weight is 713 g/mol. The van der Waals surface area contributed by atoms with Crippen LogP contribution < -0.4 is 10.6 Å². The summed E-state index contributed by atoms with van der Waals surface area (Å²) in [6.45, 7) is 0. The summed E-state index contributed by atoms with van der Waals surface area (Å²) < 4.78 is 95.2. The maximum atomic E-state index is 11.1. The molecule has 24 heteroatoms. The molecule has 5 heterocycles. The van der Waals surface area contributed by atoms with Crippen molar-refractivity contribution in [2.75, 3.05) is 10.6 Å². The highest BCUT2D eigenvalue weighted by molar-refractivity contribution is 5.96. The van der Waals surface area contributed by atoms with Crippen LogP contribution in [-0.2, 0) is 14.4 Å². The van der Waals surface area contributed by atoms with E-state index in [2.05, 4.69) is 30.6 Å². The second-order valence-corrected chi connectivity index (χ2v) is 8.51. The Bertz CT molecular complexity index is 1710. The van der Waals surface area contributed by atoms with E-state index in [0.717, 1.165) is 22.5 Å². The second-order valence-electron chi connectivity index (χ2n) is 8.51. The Kier molecular flexibility index (Phi) is 12.2. The molecular formula is C25H16F9N7O8. The van der Waals surface area contributed by atoms with Gasteiger partial charge in [-0.05, 0) is 24.3 Å². The summed E-state index contributed by atoms with van der Waals surface area (Å²) in [6, 6.07) is 7.37. The van der Waals surface area contributed by atoms with Crippen LogP contribution in [0, 0.1) is 0 Å². The highest BCUT2D eigenvalue weighted by Crippen LogP contribution is 2.43. The van der Waals surface area contributed by atoms with Gasteiger partial charge in [-0.1, -0.05) is 0 Å². The quantitative estimate of drug-likeness (QED) is 0.110. The van der Waals surface area contributed by atoms with Crippen molar-refractivity contribution in [3.8, 4) is 33.9 Å². The summed E-state index contributed by atoms with van der Waals surface area (Å²) in [7, 11) is 0. The lowest BCUT2D eigenvalue weighted by atomic mass is 10.1. The van der Waals surface area contributed by atoms with Gasteiger partial charge in [0.05, 0.1) is 29.5 Å². The van der Waals surface area contributed by atoms with Crippen LogP contribution in [0.2, 0.25) is 0 Å². The number of carboxylic acids is 3. The number of alkyl halides is 9. The summed E-state index contributed by atoms with van der Waals surface area (Å²) in [5.41, 5.74) is 4.98. The molecule has 0 saturated heterocycles. The first-order valence-electron chi connectivity index (χ1n) is 12.2. The number of hydrogen-bond donors (Lipinski definition) is 7. The molecule has 1 aliphatic heterocycles. The van der Waals surface area contributed by atoms with Crippen molar-refractivity contribution >= 4 is 41.2 Å². The summed E-state index contributed by atoms with van der Waals surface area (Å²) in [5, 5.41) is 36.1. The maximum Gasteiger partial charge on any atom is 0.490 e. The molecule has 0 saturated carbocycles.